The largest absolute Gasteiger partial charge is 0.455 e. The molecule has 60 heavy (non-hydrogen) atoms. The molecule has 1 amide bonds. The van der Waals surface area contributed by atoms with Crippen LogP contribution in [0.2, 0.25) is 0 Å². The van der Waals surface area contributed by atoms with Crippen molar-refractivity contribution >= 4 is 44.0 Å². The van der Waals surface area contributed by atoms with E-state index in [-0.39, 0.29) is 41.3 Å². The molecule has 13 nitrogen and oxygen atoms in total. The summed E-state index contributed by atoms with van der Waals surface area (Å²) >= 11 is 0. The highest BCUT2D eigenvalue weighted by Gasteiger charge is 2.33. The zero-order valence-electron chi connectivity index (χ0n) is 32.3. The number of anilines is 2. The van der Waals surface area contributed by atoms with Gasteiger partial charge in [-0.15, -0.1) is 0 Å². The SMILES string of the molecule is O=C(NS(=O)(=O)c1ccc(NCC2CCOCC2)c([N+](=O)[O-])c1)c1ccc(-c2ccc(N3CC(F)=CC3c3ccccc3C3CC3)cc2)cc1Oc1cnc2[nH]ccc2c1. The first kappa shape index (κ1) is 38.9. The molecule has 306 valence electrons. The maximum Gasteiger partial charge on any atom is 0.293 e. The molecular weight excluding hydrogens is 788 g/mol. The minimum absolute atomic E-state index is 0.0437. The molecule has 0 bridgehead atoms. The van der Waals surface area contributed by atoms with Gasteiger partial charge in [0.05, 0.1) is 34.2 Å². The Labute approximate surface area is 345 Å². The first-order valence-corrected chi connectivity index (χ1v) is 21.3. The zero-order valence-corrected chi connectivity index (χ0v) is 33.2. The van der Waals surface area contributed by atoms with E-state index < -0.39 is 31.4 Å². The number of nitrogens with zero attached hydrogens (tertiary/aromatic N) is 3. The molecule has 1 saturated carbocycles. The second-order valence-electron chi connectivity index (χ2n) is 15.3. The van der Waals surface area contributed by atoms with Gasteiger partial charge in [0.25, 0.3) is 21.6 Å². The third kappa shape index (κ3) is 8.18. The van der Waals surface area contributed by atoms with Crippen LogP contribution in [0.1, 0.15) is 59.1 Å². The summed E-state index contributed by atoms with van der Waals surface area (Å²) in [5, 5.41) is 15.9. The van der Waals surface area contributed by atoms with Crippen LogP contribution in [0.15, 0.2) is 126 Å². The molecule has 1 atom stereocenters. The minimum Gasteiger partial charge on any atom is -0.455 e. The van der Waals surface area contributed by atoms with E-state index in [1.807, 2.05) is 47.4 Å². The summed E-state index contributed by atoms with van der Waals surface area (Å²) < 4.78 is 55.9. The Morgan fingerprint density at radius 1 is 0.950 bits per heavy atom. The van der Waals surface area contributed by atoms with Gasteiger partial charge in [-0.25, -0.2) is 22.5 Å². The molecule has 0 spiro atoms. The number of benzene rings is 4. The van der Waals surface area contributed by atoms with Crippen LogP contribution in [0.5, 0.6) is 11.5 Å². The van der Waals surface area contributed by atoms with E-state index in [0.29, 0.717) is 42.6 Å². The lowest BCUT2D eigenvalue weighted by molar-refractivity contribution is -0.384. The number of sulfonamides is 1. The zero-order chi connectivity index (χ0) is 41.4. The van der Waals surface area contributed by atoms with E-state index in [1.54, 1.807) is 30.5 Å². The molecule has 4 heterocycles. The highest BCUT2D eigenvalue weighted by atomic mass is 32.2. The molecule has 15 heteroatoms. The summed E-state index contributed by atoms with van der Waals surface area (Å²) in [4.78, 5) is 34.3. The van der Waals surface area contributed by atoms with Crippen LogP contribution in [0.4, 0.5) is 21.5 Å². The fourth-order valence-electron chi connectivity index (χ4n) is 7.97. The predicted octanol–water partition coefficient (Wildman–Crippen LogP) is 9.18. The van der Waals surface area contributed by atoms with Gasteiger partial charge < -0.3 is 24.7 Å². The second-order valence-corrected chi connectivity index (χ2v) is 17.0. The van der Waals surface area contributed by atoms with Crippen LogP contribution in [-0.2, 0) is 14.8 Å². The number of carbonyl (C=O) groups is 1. The number of pyridine rings is 1. The van der Waals surface area contributed by atoms with Crippen molar-refractivity contribution in [3.63, 3.8) is 0 Å². The number of rotatable bonds is 13. The standard InChI is InChI=1S/C45H41FN6O7S/c46-33-23-41(38-4-2-1-3-37(38)30-5-6-30)51(27-33)34-10-7-29(8-11-34)31-9-13-39(43(22-31)59-35-21-32-15-18-47-44(32)49-26-35)45(53)50-60(56,57)36-12-14-40(42(24-36)52(54)55)48-25-28-16-19-58-20-17-28/h1-4,7-15,18,21-24,26,28,30,41,48H,5-6,16-17,19-20,25,27H2,(H,47,49)(H,50,53). The Hall–Kier alpha value is -6.58. The van der Waals surface area contributed by atoms with Crippen molar-refractivity contribution in [2.75, 3.05) is 36.5 Å². The summed E-state index contributed by atoms with van der Waals surface area (Å²) in [7, 11) is -4.59. The van der Waals surface area contributed by atoms with Crippen LogP contribution in [0.3, 0.4) is 0 Å². The van der Waals surface area contributed by atoms with Crippen molar-refractivity contribution in [3.05, 3.63) is 148 Å². The third-order valence-electron chi connectivity index (χ3n) is 11.3. The summed E-state index contributed by atoms with van der Waals surface area (Å²) in [6.07, 6.45) is 8.79. The average Bonchev–Trinajstić information content (AvgIpc) is 3.88. The molecule has 3 N–H and O–H groups in total. The quantitative estimate of drug-likeness (QED) is 0.0754. The molecule has 1 unspecified atom stereocenters. The molecule has 9 rings (SSSR count). The van der Waals surface area contributed by atoms with Crippen LogP contribution < -0.4 is 19.7 Å². The highest BCUT2D eigenvalue weighted by Crippen LogP contribution is 2.46. The van der Waals surface area contributed by atoms with Gasteiger partial charge in [0, 0.05) is 43.1 Å². The Morgan fingerprint density at radius 2 is 1.72 bits per heavy atom. The maximum absolute atomic E-state index is 14.9. The summed E-state index contributed by atoms with van der Waals surface area (Å²) in [6, 6.07) is 27.5. The lowest BCUT2D eigenvalue weighted by atomic mass is 9.96. The number of nitrogens with one attached hydrogen (secondary N) is 3. The first-order chi connectivity index (χ1) is 29.1. The number of halogens is 1. The van der Waals surface area contributed by atoms with Gasteiger partial charge in [-0.05, 0) is 114 Å². The fraction of sp³-hybridized carbons (Fsp3) is 0.244. The number of amides is 1. The minimum atomic E-state index is -4.59. The van der Waals surface area contributed by atoms with E-state index in [1.165, 1.54) is 30.0 Å². The van der Waals surface area contributed by atoms with Gasteiger partial charge in [0.15, 0.2) is 0 Å². The summed E-state index contributed by atoms with van der Waals surface area (Å²) in [5.41, 5.74) is 4.90. The second kappa shape index (κ2) is 16.2. The van der Waals surface area contributed by atoms with Gasteiger partial charge in [0.2, 0.25) is 0 Å². The lowest BCUT2D eigenvalue weighted by Crippen LogP contribution is -2.31. The number of H-pyrrole nitrogens is 1. The van der Waals surface area contributed by atoms with Crippen molar-refractivity contribution in [2.24, 2.45) is 5.92 Å². The fourth-order valence-corrected chi connectivity index (χ4v) is 8.96. The Kier molecular flexibility index (Phi) is 10.5. The molecule has 6 aromatic rings. The van der Waals surface area contributed by atoms with Gasteiger partial charge >= 0.3 is 0 Å². The molecule has 2 aliphatic heterocycles. The Bertz CT molecular complexity index is 2750. The monoisotopic (exact) mass is 828 g/mol. The van der Waals surface area contributed by atoms with Gasteiger partial charge in [0.1, 0.15) is 28.7 Å². The van der Waals surface area contributed by atoms with Gasteiger partial charge in [-0.1, -0.05) is 42.5 Å². The van der Waals surface area contributed by atoms with Crippen molar-refractivity contribution < 1.29 is 32.0 Å². The lowest BCUT2D eigenvalue weighted by Gasteiger charge is -2.28. The first-order valence-electron chi connectivity index (χ1n) is 19.8. The smallest absolute Gasteiger partial charge is 0.293 e. The Balaban J connectivity index is 0.986. The molecule has 4 aromatic carbocycles. The number of hydrogen-bond acceptors (Lipinski definition) is 10. The average molecular weight is 829 g/mol. The van der Waals surface area contributed by atoms with E-state index in [2.05, 4.69) is 32.1 Å². The number of hydrogen-bond donors (Lipinski definition) is 3. The van der Waals surface area contributed by atoms with Gasteiger partial charge in [-0.2, -0.15) is 0 Å². The number of aromatic nitrogens is 2. The maximum atomic E-state index is 14.9. The molecule has 3 aliphatic rings. The molecular formula is C45H41FN6O7S. The van der Waals surface area contributed by atoms with E-state index in [0.717, 1.165) is 54.0 Å². The highest BCUT2D eigenvalue weighted by molar-refractivity contribution is 7.90. The predicted molar refractivity (Wildman–Crippen MR) is 226 cm³/mol. The number of carbonyl (C=O) groups excluding carboxylic acids is 1. The number of aromatic amines is 1. The molecule has 2 aromatic heterocycles. The van der Waals surface area contributed by atoms with Crippen LogP contribution >= 0.6 is 0 Å². The third-order valence-corrected chi connectivity index (χ3v) is 12.6. The van der Waals surface area contributed by atoms with Gasteiger partial charge in [-0.3, -0.25) is 14.9 Å². The van der Waals surface area contributed by atoms with E-state index in [4.69, 9.17) is 9.47 Å². The summed E-state index contributed by atoms with van der Waals surface area (Å²) in [5.74, 6) is -0.0852. The van der Waals surface area contributed by atoms with E-state index in [9.17, 15) is 27.7 Å². The van der Waals surface area contributed by atoms with Crippen molar-refractivity contribution in [2.45, 2.75) is 42.5 Å². The number of ether oxygens (including phenoxy) is 2. The normalized spacial score (nSPS) is 17.1. The molecule has 1 aliphatic carbocycles. The van der Waals surface area contributed by atoms with Crippen molar-refractivity contribution in [3.8, 4) is 22.6 Å². The number of nitro groups is 1. The van der Waals surface area contributed by atoms with Crippen LogP contribution in [-0.4, -0.2) is 55.5 Å². The van der Waals surface area contributed by atoms with Crippen molar-refractivity contribution in [1.29, 1.82) is 0 Å². The van der Waals surface area contributed by atoms with Crippen molar-refractivity contribution in [1.82, 2.24) is 14.7 Å². The topological polar surface area (TPSA) is 169 Å². The van der Waals surface area contributed by atoms with E-state index >= 15 is 0 Å². The number of nitro benzene ring substituents is 1. The molecule has 2 fully saturated rings. The van der Waals surface area contributed by atoms with Crippen LogP contribution in [0.25, 0.3) is 22.2 Å². The number of fused-ring (bicyclic) bond motifs is 1. The summed E-state index contributed by atoms with van der Waals surface area (Å²) in [6.45, 7) is 1.85. The van der Waals surface area contributed by atoms with Crippen LogP contribution in [0, 0.1) is 16.0 Å². The molecule has 0 radical (unpaired) electrons. The molecule has 1 saturated heterocycles. The Morgan fingerprint density at radius 3 is 2.48 bits per heavy atom.